The molecule has 0 radical (unpaired) electrons. The number of benzene rings is 1. The lowest BCUT2D eigenvalue weighted by atomic mass is 10.1. The van der Waals surface area contributed by atoms with Crippen LogP contribution in [0, 0.1) is 5.92 Å². The predicted molar refractivity (Wildman–Crippen MR) is 98.6 cm³/mol. The monoisotopic (exact) mass is 384 g/mol. The maximum absolute atomic E-state index is 12.5. The zero-order valence-electron chi connectivity index (χ0n) is 15.6. The summed E-state index contributed by atoms with van der Waals surface area (Å²) in [6, 6.07) is 6.90. The quantitative estimate of drug-likeness (QED) is 0.560. The number of halogens is 3. The van der Waals surface area contributed by atoms with E-state index in [0.29, 0.717) is 24.0 Å². The molecule has 0 spiro atoms. The van der Waals surface area contributed by atoms with Crippen LogP contribution in [0.4, 0.5) is 13.2 Å². The van der Waals surface area contributed by atoms with Crippen molar-refractivity contribution in [1.29, 1.82) is 0 Å². The molecule has 1 saturated heterocycles. The van der Waals surface area contributed by atoms with E-state index >= 15 is 0 Å². The molecule has 5 nitrogen and oxygen atoms in total. The summed E-state index contributed by atoms with van der Waals surface area (Å²) < 4.78 is 41.7. The van der Waals surface area contributed by atoms with E-state index in [1.54, 1.807) is 12.1 Å². The van der Waals surface area contributed by atoms with Gasteiger partial charge in [-0.25, -0.2) is 4.99 Å². The zero-order valence-corrected chi connectivity index (χ0v) is 15.6. The lowest BCUT2D eigenvalue weighted by molar-refractivity contribution is -0.274. The number of likely N-dealkylation sites (tertiary alicyclic amines) is 1. The minimum Gasteiger partial charge on any atom is -0.405 e. The Labute approximate surface area is 158 Å². The number of guanidine groups is 1. The van der Waals surface area contributed by atoms with Crippen LogP contribution in [0.1, 0.15) is 31.7 Å². The van der Waals surface area contributed by atoms with Gasteiger partial charge < -0.3 is 20.3 Å². The van der Waals surface area contributed by atoms with Crippen LogP contribution in [0.15, 0.2) is 29.3 Å². The van der Waals surface area contributed by atoms with Crippen LogP contribution < -0.4 is 15.4 Å². The highest BCUT2D eigenvalue weighted by molar-refractivity contribution is 5.79. The van der Waals surface area contributed by atoms with Crippen LogP contribution in [-0.2, 0) is 6.54 Å². The van der Waals surface area contributed by atoms with Gasteiger partial charge in [-0.05, 0) is 44.7 Å². The molecule has 1 unspecified atom stereocenters. The molecule has 0 amide bonds. The minimum absolute atomic E-state index is 0.112. The molecular formula is C19H27F3N4O. The Bertz CT molecular complexity index is 646. The maximum atomic E-state index is 12.5. The van der Waals surface area contributed by atoms with Crippen LogP contribution >= 0.6 is 0 Å². The maximum Gasteiger partial charge on any atom is 0.573 e. The average molecular weight is 384 g/mol. The summed E-state index contributed by atoms with van der Waals surface area (Å²) in [5.74, 6) is 0.986. The SMILES string of the molecule is CCNC(=NCc1ccccc1OC(F)(F)F)NCC1CCN(C2CC2)C1. The van der Waals surface area contributed by atoms with Crippen molar-refractivity contribution < 1.29 is 17.9 Å². The molecule has 1 saturated carbocycles. The average Bonchev–Trinajstić information content (AvgIpc) is 3.36. The number of nitrogens with zero attached hydrogens (tertiary/aromatic N) is 2. The highest BCUT2D eigenvalue weighted by atomic mass is 19.4. The first-order valence-corrected chi connectivity index (χ1v) is 9.54. The van der Waals surface area contributed by atoms with E-state index in [2.05, 4.69) is 25.3 Å². The van der Waals surface area contributed by atoms with Crippen molar-refractivity contribution in [2.24, 2.45) is 10.9 Å². The van der Waals surface area contributed by atoms with Gasteiger partial charge in [0.15, 0.2) is 5.96 Å². The summed E-state index contributed by atoms with van der Waals surface area (Å²) in [6.45, 7) is 5.84. The molecule has 1 atom stereocenters. The smallest absolute Gasteiger partial charge is 0.405 e. The van der Waals surface area contributed by atoms with Gasteiger partial charge in [-0.3, -0.25) is 0 Å². The number of aliphatic imine (C=N–C) groups is 1. The molecule has 1 aromatic rings. The van der Waals surface area contributed by atoms with Crippen LogP contribution in [0.2, 0.25) is 0 Å². The topological polar surface area (TPSA) is 48.9 Å². The molecule has 3 rings (SSSR count). The first kappa shape index (κ1) is 19.8. The number of hydrogen-bond donors (Lipinski definition) is 2. The Morgan fingerprint density at radius 2 is 2.00 bits per heavy atom. The second kappa shape index (κ2) is 8.82. The lowest BCUT2D eigenvalue weighted by Gasteiger charge is -2.17. The predicted octanol–water partition coefficient (Wildman–Crippen LogP) is 3.12. The van der Waals surface area contributed by atoms with E-state index in [9.17, 15) is 13.2 Å². The molecular weight excluding hydrogens is 357 g/mol. The number of hydrogen-bond acceptors (Lipinski definition) is 3. The van der Waals surface area contributed by atoms with Crippen molar-refractivity contribution >= 4 is 5.96 Å². The summed E-state index contributed by atoms with van der Waals surface area (Å²) in [5, 5.41) is 6.48. The van der Waals surface area contributed by atoms with Crippen molar-refractivity contribution in [3.8, 4) is 5.75 Å². The fourth-order valence-electron chi connectivity index (χ4n) is 3.41. The molecule has 1 aliphatic heterocycles. The molecule has 8 heteroatoms. The van der Waals surface area contributed by atoms with E-state index in [1.165, 1.54) is 31.4 Å². The summed E-state index contributed by atoms with van der Waals surface area (Å²) in [7, 11) is 0. The number of ether oxygens (including phenoxy) is 1. The number of nitrogens with one attached hydrogen (secondary N) is 2. The third kappa shape index (κ3) is 6.30. The molecule has 0 aromatic heterocycles. The van der Waals surface area contributed by atoms with Gasteiger partial charge in [0.2, 0.25) is 0 Å². The second-order valence-electron chi connectivity index (χ2n) is 7.11. The first-order chi connectivity index (χ1) is 12.9. The first-order valence-electron chi connectivity index (χ1n) is 9.54. The van der Waals surface area contributed by atoms with Gasteiger partial charge in [-0.15, -0.1) is 13.2 Å². The van der Waals surface area contributed by atoms with Crippen molar-refractivity contribution in [3.05, 3.63) is 29.8 Å². The number of alkyl halides is 3. The number of para-hydroxylation sites is 1. The standard InChI is InChI=1S/C19H27F3N4O/c1-2-23-18(24-11-14-9-10-26(13-14)16-7-8-16)25-12-15-5-3-4-6-17(15)27-19(20,21)22/h3-6,14,16H,2,7-13H2,1H3,(H2,23,24,25). The second-order valence-corrected chi connectivity index (χ2v) is 7.11. The molecule has 27 heavy (non-hydrogen) atoms. The minimum atomic E-state index is -4.71. The third-order valence-corrected chi connectivity index (χ3v) is 4.89. The van der Waals surface area contributed by atoms with Crippen molar-refractivity contribution in [1.82, 2.24) is 15.5 Å². The van der Waals surface area contributed by atoms with Crippen molar-refractivity contribution in [2.75, 3.05) is 26.2 Å². The number of rotatable bonds is 7. The molecule has 1 aromatic carbocycles. The molecule has 1 heterocycles. The van der Waals surface area contributed by atoms with Gasteiger partial charge >= 0.3 is 6.36 Å². The summed E-state index contributed by atoms with van der Waals surface area (Å²) in [4.78, 5) is 6.99. The fraction of sp³-hybridized carbons (Fsp3) is 0.632. The Morgan fingerprint density at radius 3 is 2.70 bits per heavy atom. The highest BCUT2D eigenvalue weighted by Crippen LogP contribution is 2.31. The molecule has 2 aliphatic rings. The fourth-order valence-corrected chi connectivity index (χ4v) is 3.41. The van der Waals surface area contributed by atoms with Gasteiger partial charge in [-0.1, -0.05) is 18.2 Å². The zero-order chi connectivity index (χ0) is 19.3. The molecule has 150 valence electrons. The Hall–Kier alpha value is -1.96. The molecule has 0 bridgehead atoms. The van der Waals surface area contributed by atoms with Crippen LogP contribution in [0.5, 0.6) is 5.75 Å². The van der Waals surface area contributed by atoms with E-state index in [-0.39, 0.29) is 12.3 Å². The van der Waals surface area contributed by atoms with Crippen LogP contribution in [0.3, 0.4) is 0 Å². The summed E-state index contributed by atoms with van der Waals surface area (Å²) >= 11 is 0. The van der Waals surface area contributed by atoms with Gasteiger partial charge in [0.25, 0.3) is 0 Å². The Morgan fingerprint density at radius 1 is 1.22 bits per heavy atom. The molecule has 2 N–H and O–H groups in total. The van der Waals surface area contributed by atoms with Gasteiger partial charge in [0.05, 0.1) is 6.54 Å². The Balaban J connectivity index is 1.56. The van der Waals surface area contributed by atoms with E-state index in [1.807, 2.05) is 6.92 Å². The van der Waals surface area contributed by atoms with Crippen molar-refractivity contribution in [3.63, 3.8) is 0 Å². The molecule has 1 aliphatic carbocycles. The van der Waals surface area contributed by atoms with Gasteiger partial charge in [-0.2, -0.15) is 0 Å². The molecule has 2 fully saturated rings. The van der Waals surface area contributed by atoms with Gasteiger partial charge in [0, 0.05) is 31.2 Å². The van der Waals surface area contributed by atoms with Crippen molar-refractivity contribution in [2.45, 2.75) is 45.1 Å². The van der Waals surface area contributed by atoms with Crippen LogP contribution in [0.25, 0.3) is 0 Å². The summed E-state index contributed by atoms with van der Waals surface area (Å²) in [5.41, 5.74) is 0.396. The summed E-state index contributed by atoms with van der Waals surface area (Å²) in [6.07, 6.45) is -0.892. The largest absolute Gasteiger partial charge is 0.573 e. The van der Waals surface area contributed by atoms with E-state index < -0.39 is 6.36 Å². The normalized spacial score (nSPS) is 21.3. The third-order valence-electron chi connectivity index (χ3n) is 4.89. The van der Waals surface area contributed by atoms with Gasteiger partial charge in [0.1, 0.15) is 5.75 Å². The lowest BCUT2D eigenvalue weighted by Crippen LogP contribution is -2.40. The Kier molecular flexibility index (Phi) is 6.46. The van der Waals surface area contributed by atoms with E-state index in [4.69, 9.17) is 0 Å². The van der Waals surface area contributed by atoms with Crippen LogP contribution in [-0.4, -0.2) is 49.4 Å². The highest BCUT2D eigenvalue weighted by Gasteiger charge is 2.34. The van der Waals surface area contributed by atoms with E-state index in [0.717, 1.165) is 25.7 Å².